The van der Waals surface area contributed by atoms with E-state index in [1.165, 1.54) is 12.3 Å². The minimum Gasteiger partial charge on any atom is -0.497 e. The van der Waals surface area contributed by atoms with Crippen LogP contribution in [0.3, 0.4) is 0 Å². The number of hydrogen-bond acceptors (Lipinski definition) is 6. The number of pyridine rings is 1. The predicted octanol–water partition coefficient (Wildman–Crippen LogP) is 3.35. The third-order valence-electron chi connectivity index (χ3n) is 3.06. The highest BCUT2D eigenvalue weighted by Crippen LogP contribution is 2.22. The molecular formula is C17H16Cl2N2O5. The summed E-state index contributed by atoms with van der Waals surface area (Å²) >= 11 is 11.6. The summed E-state index contributed by atoms with van der Waals surface area (Å²) in [5, 5.41) is 2.95. The lowest BCUT2D eigenvalue weighted by Crippen LogP contribution is -2.22. The Bertz CT molecular complexity index is 768. The average molecular weight is 399 g/mol. The number of amides is 1. The van der Waals surface area contributed by atoms with Crippen LogP contribution in [0.25, 0.3) is 0 Å². The van der Waals surface area contributed by atoms with Gasteiger partial charge in [0.1, 0.15) is 11.5 Å². The van der Waals surface area contributed by atoms with Crippen molar-refractivity contribution in [1.29, 1.82) is 0 Å². The van der Waals surface area contributed by atoms with E-state index in [-0.39, 0.29) is 23.9 Å². The van der Waals surface area contributed by atoms with Gasteiger partial charge < -0.3 is 19.5 Å². The molecule has 1 amide bonds. The molecule has 0 fully saturated rings. The van der Waals surface area contributed by atoms with Gasteiger partial charge in [-0.15, -0.1) is 0 Å². The van der Waals surface area contributed by atoms with Crippen molar-refractivity contribution in [2.24, 2.45) is 0 Å². The van der Waals surface area contributed by atoms with E-state index >= 15 is 0 Å². The van der Waals surface area contributed by atoms with Crippen LogP contribution in [0.15, 0.2) is 36.5 Å². The summed E-state index contributed by atoms with van der Waals surface area (Å²) in [5.41, 5.74) is 0. The van der Waals surface area contributed by atoms with Gasteiger partial charge in [0.2, 0.25) is 0 Å². The van der Waals surface area contributed by atoms with Crippen molar-refractivity contribution in [1.82, 2.24) is 4.98 Å². The summed E-state index contributed by atoms with van der Waals surface area (Å²) < 4.78 is 15.3. The monoisotopic (exact) mass is 398 g/mol. The normalized spacial score (nSPS) is 10.1. The van der Waals surface area contributed by atoms with Crippen LogP contribution < -0.4 is 14.8 Å². The van der Waals surface area contributed by atoms with E-state index in [0.717, 1.165) is 0 Å². The zero-order valence-electron chi connectivity index (χ0n) is 13.8. The van der Waals surface area contributed by atoms with Gasteiger partial charge in [-0.25, -0.2) is 4.98 Å². The SMILES string of the molecule is COc1ccc(OCCC(=O)OCC(=O)Nc2ncc(Cl)cc2Cl)cc1. The van der Waals surface area contributed by atoms with Crippen molar-refractivity contribution in [3.63, 3.8) is 0 Å². The first-order valence-corrected chi connectivity index (χ1v) is 8.27. The fourth-order valence-corrected chi connectivity index (χ4v) is 2.24. The summed E-state index contributed by atoms with van der Waals surface area (Å²) in [6.07, 6.45) is 1.34. The molecule has 0 unspecified atom stereocenters. The predicted molar refractivity (Wildman–Crippen MR) is 97.0 cm³/mol. The molecule has 0 aliphatic rings. The van der Waals surface area contributed by atoms with E-state index in [9.17, 15) is 9.59 Å². The van der Waals surface area contributed by atoms with E-state index < -0.39 is 18.5 Å². The first kappa shape index (κ1) is 19.8. The van der Waals surface area contributed by atoms with E-state index in [0.29, 0.717) is 16.5 Å². The number of methoxy groups -OCH3 is 1. The first-order valence-electron chi connectivity index (χ1n) is 7.51. The second-order valence-electron chi connectivity index (χ2n) is 4.97. The molecule has 0 atom stereocenters. The van der Waals surface area contributed by atoms with Crippen LogP contribution >= 0.6 is 23.2 Å². The number of carbonyl (C=O) groups excluding carboxylic acids is 2. The van der Waals surface area contributed by atoms with Crippen molar-refractivity contribution < 1.29 is 23.8 Å². The van der Waals surface area contributed by atoms with Gasteiger partial charge in [-0.1, -0.05) is 23.2 Å². The van der Waals surface area contributed by atoms with Gasteiger partial charge in [0.25, 0.3) is 5.91 Å². The fourth-order valence-electron chi connectivity index (χ4n) is 1.82. The topological polar surface area (TPSA) is 86.8 Å². The summed E-state index contributed by atoms with van der Waals surface area (Å²) in [6.45, 7) is -0.334. The molecule has 9 heteroatoms. The molecular weight excluding hydrogens is 383 g/mol. The lowest BCUT2D eigenvalue weighted by atomic mass is 10.3. The molecule has 2 aromatic rings. The highest BCUT2D eigenvalue weighted by atomic mass is 35.5. The van der Waals surface area contributed by atoms with Crippen molar-refractivity contribution in [2.45, 2.75) is 6.42 Å². The second kappa shape index (κ2) is 9.84. The highest BCUT2D eigenvalue weighted by Gasteiger charge is 2.11. The quantitative estimate of drug-likeness (QED) is 0.686. The van der Waals surface area contributed by atoms with Gasteiger partial charge in [-0.2, -0.15) is 0 Å². The first-order chi connectivity index (χ1) is 12.5. The molecule has 0 bridgehead atoms. The molecule has 1 N–H and O–H groups in total. The van der Waals surface area contributed by atoms with Crippen LogP contribution in [0.2, 0.25) is 10.0 Å². The summed E-state index contributed by atoms with van der Waals surface area (Å²) in [6, 6.07) is 8.37. The number of halogens is 2. The minimum absolute atomic E-state index is 0.000734. The van der Waals surface area contributed by atoms with E-state index in [2.05, 4.69) is 10.3 Å². The Kier molecular flexibility index (Phi) is 7.50. The Labute approximate surface area is 160 Å². The largest absolute Gasteiger partial charge is 0.497 e. The molecule has 0 saturated carbocycles. The van der Waals surface area contributed by atoms with Crippen LogP contribution in [-0.2, 0) is 14.3 Å². The molecule has 1 aromatic carbocycles. The molecule has 1 heterocycles. The number of anilines is 1. The molecule has 2 rings (SSSR count). The maximum absolute atomic E-state index is 11.7. The van der Waals surface area contributed by atoms with E-state index in [1.807, 2.05) is 0 Å². The van der Waals surface area contributed by atoms with Crippen LogP contribution in [-0.4, -0.2) is 37.2 Å². The fraction of sp³-hybridized carbons (Fsp3) is 0.235. The number of nitrogens with zero attached hydrogens (tertiary/aromatic N) is 1. The zero-order chi connectivity index (χ0) is 18.9. The van der Waals surface area contributed by atoms with Crippen molar-refractivity contribution in [3.8, 4) is 11.5 Å². The van der Waals surface area contributed by atoms with Crippen molar-refractivity contribution >= 4 is 40.9 Å². The van der Waals surface area contributed by atoms with Gasteiger partial charge in [-0.05, 0) is 30.3 Å². The lowest BCUT2D eigenvalue weighted by Gasteiger charge is -2.08. The summed E-state index contributed by atoms with van der Waals surface area (Å²) in [4.78, 5) is 27.3. The lowest BCUT2D eigenvalue weighted by molar-refractivity contribution is -0.147. The number of carbonyl (C=O) groups is 2. The van der Waals surface area contributed by atoms with Gasteiger partial charge >= 0.3 is 5.97 Å². The molecule has 0 saturated heterocycles. The Balaban J connectivity index is 1.68. The zero-order valence-corrected chi connectivity index (χ0v) is 15.3. The summed E-state index contributed by atoms with van der Waals surface area (Å²) in [7, 11) is 1.57. The second-order valence-corrected chi connectivity index (χ2v) is 5.81. The van der Waals surface area contributed by atoms with Crippen LogP contribution in [0.4, 0.5) is 5.82 Å². The number of hydrogen-bond donors (Lipinski definition) is 1. The number of aromatic nitrogens is 1. The minimum atomic E-state index is -0.566. The smallest absolute Gasteiger partial charge is 0.309 e. The molecule has 0 spiro atoms. The average Bonchev–Trinajstić information content (AvgIpc) is 2.63. The van der Waals surface area contributed by atoms with Gasteiger partial charge in [-0.3, -0.25) is 9.59 Å². The van der Waals surface area contributed by atoms with E-state index in [1.54, 1.807) is 31.4 Å². The van der Waals surface area contributed by atoms with Crippen LogP contribution in [0.5, 0.6) is 11.5 Å². The Morgan fingerprint density at radius 2 is 1.85 bits per heavy atom. The molecule has 7 nitrogen and oxygen atoms in total. The Morgan fingerprint density at radius 1 is 1.15 bits per heavy atom. The van der Waals surface area contributed by atoms with Crippen molar-refractivity contribution in [2.75, 3.05) is 25.6 Å². The standard InChI is InChI=1S/C17H16Cl2N2O5/c1-24-12-2-4-13(5-3-12)25-7-6-16(23)26-10-15(22)21-17-14(19)8-11(18)9-20-17/h2-5,8-9H,6-7,10H2,1H3,(H,20,21,22). The van der Waals surface area contributed by atoms with Gasteiger partial charge in [0.05, 0.1) is 30.2 Å². The number of ether oxygens (including phenoxy) is 3. The maximum Gasteiger partial charge on any atom is 0.309 e. The van der Waals surface area contributed by atoms with Gasteiger partial charge in [0, 0.05) is 6.20 Å². The third-order valence-corrected chi connectivity index (χ3v) is 3.56. The van der Waals surface area contributed by atoms with Crippen molar-refractivity contribution in [3.05, 3.63) is 46.6 Å². The van der Waals surface area contributed by atoms with Crippen LogP contribution in [0, 0.1) is 0 Å². The molecule has 0 aliphatic heterocycles. The number of rotatable bonds is 8. The Hall–Kier alpha value is -2.51. The highest BCUT2D eigenvalue weighted by molar-refractivity contribution is 6.36. The number of esters is 1. The summed E-state index contributed by atoms with van der Waals surface area (Å²) in [5.74, 6) is 0.313. The molecule has 26 heavy (non-hydrogen) atoms. The molecule has 138 valence electrons. The molecule has 0 aliphatic carbocycles. The molecule has 1 aromatic heterocycles. The number of benzene rings is 1. The third kappa shape index (κ3) is 6.42. The Morgan fingerprint density at radius 3 is 2.50 bits per heavy atom. The number of nitrogens with one attached hydrogen (secondary N) is 1. The maximum atomic E-state index is 11.7. The van der Waals surface area contributed by atoms with Gasteiger partial charge in [0.15, 0.2) is 12.4 Å². The molecule has 0 radical (unpaired) electrons. The van der Waals surface area contributed by atoms with Crippen LogP contribution in [0.1, 0.15) is 6.42 Å². The van der Waals surface area contributed by atoms with E-state index in [4.69, 9.17) is 37.4 Å².